The first-order valence-electron chi connectivity index (χ1n) is 4.41. The van der Waals surface area contributed by atoms with E-state index in [2.05, 4.69) is 5.32 Å². The Morgan fingerprint density at radius 3 is 2.75 bits per heavy atom. The van der Waals surface area contributed by atoms with Crippen molar-refractivity contribution in [2.75, 3.05) is 12.8 Å². The molecular weight excluding hydrogens is 250 g/mol. The molecule has 0 aliphatic heterocycles. The van der Waals surface area contributed by atoms with Crippen molar-refractivity contribution in [3.05, 3.63) is 28.8 Å². The summed E-state index contributed by atoms with van der Waals surface area (Å²) in [6.45, 7) is 0. The Kier molecular flexibility index (Phi) is 4.64. The van der Waals surface area contributed by atoms with E-state index >= 15 is 0 Å². The Balaban J connectivity index is 2.79. The Labute approximate surface area is 102 Å². The summed E-state index contributed by atoms with van der Waals surface area (Å²) < 4.78 is 0. The predicted molar refractivity (Wildman–Crippen MR) is 63.2 cm³/mol. The van der Waals surface area contributed by atoms with Gasteiger partial charge in [-0.2, -0.15) is 0 Å². The number of carbonyl (C=O) groups is 2. The van der Waals surface area contributed by atoms with Crippen molar-refractivity contribution >= 4 is 35.2 Å². The molecule has 1 rings (SSSR count). The van der Waals surface area contributed by atoms with Crippen molar-refractivity contribution in [3.63, 3.8) is 0 Å². The maximum Gasteiger partial charge on any atom is 0.337 e. The van der Waals surface area contributed by atoms with Gasteiger partial charge in [0.1, 0.15) is 0 Å². The summed E-state index contributed by atoms with van der Waals surface area (Å²) in [7, 11) is 1.55. The molecule has 6 heteroatoms. The lowest BCUT2D eigenvalue weighted by Crippen LogP contribution is -2.19. The smallest absolute Gasteiger partial charge is 0.337 e. The number of aromatic carboxylic acids is 1. The van der Waals surface area contributed by atoms with Crippen LogP contribution in [0.15, 0.2) is 23.1 Å². The van der Waals surface area contributed by atoms with Crippen LogP contribution in [0.3, 0.4) is 0 Å². The summed E-state index contributed by atoms with van der Waals surface area (Å²) in [5.41, 5.74) is 0.0450. The zero-order valence-electron chi connectivity index (χ0n) is 8.49. The lowest BCUT2D eigenvalue weighted by molar-refractivity contribution is -0.118. The van der Waals surface area contributed by atoms with Crippen LogP contribution < -0.4 is 5.32 Å². The number of hydrogen-bond acceptors (Lipinski definition) is 3. The Bertz CT molecular complexity index is 423. The molecule has 0 aliphatic carbocycles. The number of hydrogen-bond donors (Lipinski definition) is 2. The molecule has 0 atom stereocenters. The average molecular weight is 260 g/mol. The van der Waals surface area contributed by atoms with Gasteiger partial charge in [0.05, 0.1) is 16.3 Å². The van der Waals surface area contributed by atoms with Crippen LogP contribution in [0.2, 0.25) is 5.02 Å². The number of halogens is 1. The molecule has 0 aromatic heterocycles. The molecule has 1 aromatic rings. The lowest BCUT2D eigenvalue weighted by Gasteiger charge is -2.03. The normalized spacial score (nSPS) is 9.88. The van der Waals surface area contributed by atoms with Gasteiger partial charge in [-0.1, -0.05) is 11.6 Å². The Morgan fingerprint density at radius 1 is 1.50 bits per heavy atom. The van der Waals surface area contributed by atoms with Gasteiger partial charge in [-0.25, -0.2) is 4.79 Å². The van der Waals surface area contributed by atoms with Gasteiger partial charge in [0.15, 0.2) is 0 Å². The van der Waals surface area contributed by atoms with Gasteiger partial charge < -0.3 is 10.4 Å². The number of carbonyl (C=O) groups excluding carboxylic acids is 1. The predicted octanol–water partition coefficient (Wildman–Crippen LogP) is 1.88. The first kappa shape index (κ1) is 12.9. The third kappa shape index (κ3) is 3.43. The van der Waals surface area contributed by atoms with Gasteiger partial charge in [-0.3, -0.25) is 4.79 Å². The first-order valence-corrected chi connectivity index (χ1v) is 5.77. The molecule has 0 saturated heterocycles. The van der Waals surface area contributed by atoms with E-state index in [0.29, 0.717) is 4.90 Å². The molecule has 0 fully saturated rings. The van der Waals surface area contributed by atoms with Crippen LogP contribution in [-0.4, -0.2) is 29.8 Å². The van der Waals surface area contributed by atoms with E-state index in [1.807, 2.05) is 0 Å². The van der Waals surface area contributed by atoms with Crippen LogP contribution in [0.5, 0.6) is 0 Å². The van der Waals surface area contributed by atoms with Crippen molar-refractivity contribution in [2.24, 2.45) is 0 Å². The number of nitrogens with one attached hydrogen (secondary N) is 1. The molecule has 1 aromatic carbocycles. The molecule has 86 valence electrons. The fraction of sp³-hybridized carbons (Fsp3) is 0.200. The van der Waals surface area contributed by atoms with Gasteiger partial charge in [0.2, 0.25) is 5.91 Å². The largest absolute Gasteiger partial charge is 0.478 e. The molecule has 4 nitrogen and oxygen atoms in total. The standard InChI is InChI=1S/C10H10ClNO3S/c1-12-9(13)5-16-6-2-3-8(11)7(4-6)10(14)15/h2-4H,5H2,1H3,(H,12,13)(H,14,15). The number of benzene rings is 1. The second-order valence-electron chi connectivity index (χ2n) is 2.91. The second kappa shape index (κ2) is 5.77. The Hall–Kier alpha value is -1.20. The summed E-state index contributed by atoms with van der Waals surface area (Å²) in [6.07, 6.45) is 0. The van der Waals surface area contributed by atoms with Crippen LogP contribution in [0.25, 0.3) is 0 Å². The van der Waals surface area contributed by atoms with Gasteiger partial charge in [0.25, 0.3) is 0 Å². The fourth-order valence-corrected chi connectivity index (χ4v) is 1.99. The Morgan fingerprint density at radius 2 is 2.19 bits per heavy atom. The van der Waals surface area contributed by atoms with Crippen LogP contribution in [0, 0.1) is 0 Å². The van der Waals surface area contributed by atoms with E-state index in [4.69, 9.17) is 16.7 Å². The van der Waals surface area contributed by atoms with Crippen LogP contribution in [-0.2, 0) is 4.79 Å². The summed E-state index contributed by atoms with van der Waals surface area (Å²) >= 11 is 6.97. The van der Waals surface area contributed by atoms with Crippen molar-refractivity contribution in [1.29, 1.82) is 0 Å². The van der Waals surface area contributed by atoms with E-state index in [1.54, 1.807) is 13.1 Å². The minimum Gasteiger partial charge on any atom is -0.478 e. The van der Waals surface area contributed by atoms with Crippen molar-refractivity contribution < 1.29 is 14.7 Å². The van der Waals surface area contributed by atoms with Gasteiger partial charge in [0, 0.05) is 11.9 Å². The minimum absolute atomic E-state index is 0.0450. The number of amides is 1. The summed E-state index contributed by atoms with van der Waals surface area (Å²) in [5, 5.41) is 11.5. The molecule has 16 heavy (non-hydrogen) atoms. The second-order valence-corrected chi connectivity index (χ2v) is 4.36. The van der Waals surface area contributed by atoms with Crippen LogP contribution >= 0.6 is 23.4 Å². The van der Waals surface area contributed by atoms with E-state index in [-0.39, 0.29) is 22.2 Å². The van der Waals surface area contributed by atoms with Gasteiger partial charge >= 0.3 is 5.97 Å². The van der Waals surface area contributed by atoms with E-state index in [9.17, 15) is 9.59 Å². The van der Waals surface area contributed by atoms with E-state index < -0.39 is 5.97 Å². The van der Waals surface area contributed by atoms with Gasteiger partial charge in [-0.15, -0.1) is 11.8 Å². The van der Waals surface area contributed by atoms with Gasteiger partial charge in [-0.05, 0) is 18.2 Å². The molecule has 0 radical (unpaired) electrons. The number of carboxylic acids is 1. The topological polar surface area (TPSA) is 66.4 Å². The number of carboxylic acid groups (broad SMARTS) is 1. The van der Waals surface area contributed by atoms with E-state index in [1.165, 1.54) is 23.9 Å². The first-order chi connectivity index (χ1) is 7.54. The highest BCUT2D eigenvalue weighted by Crippen LogP contribution is 2.24. The molecule has 0 aliphatic rings. The molecule has 0 bridgehead atoms. The van der Waals surface area contributed by atoms with Crippen molar-refractivity contribution in [2.45, 2.75) is 4.90 Å². The zero-order chi connectivity index (χ0) is 12.1. The molecule has 0 unspecified atom stereocenters. The molecule has 2 N–H and O–H groups in total. The van der Waals surface area contributed by atoms with Crippen LogP contribution in [0.1, 0.15) is 10.4 Å². The SMILES string of the molecule is CNC(=O)CSc1ccc(Cl)c(C(=O)O)c1. The van der Waals surface area contributed by atoms with Crippen LogP contribution in [0.4, 0.5) is 0 Å². The lowest BCUT2D eigenvalue weighted by atomic mass is 10.2. The molecule has 0 heterocycles. The summed E-state index contributed by atoms with van der Waals surface area (Å²) in [4.78, 5) is 22.5. The monoisotopic (exact) mass is 259 g/mol. The third-order valence-electron chi connectivity index (χ3n) is 1.82. The summed E-state index contributed by atoms with van der Waals surface area (Å²) in [6, 6.07) is 4.65. The van der Waals surface area contributed by atoms with E-state index in [0.717, 1.165) is 0 Å². The maximum atomic E-state index is 11.0. The number of thioether (sulfide) groups is 1. The van der Waals surface area contributed by atoms with Crippen molar-refractivity contribution in [1.82, 2.24) is 5.32 Å². The number of rotatable bonds is 4. The molecule has 1 amide bonds. The highest BCUT2D eigenvalue weighted by molar-refractivity contribution is 8.00. The highest BCUT2D eigenvalue weighted by Gasteiger charge is 2.10. The molecular formula is C10H10ClNO3S. The summed E-state index contributed by atoms with van der Waals surface area (Å²) in [5.74, 6) is -0.943. The molecule has 0 saturated carbocycles. The third-order valence-corrected chi connectivity index (χ3v) is 3.14. The highest BCUT2D eigenvalue weighted by atomic mass is 35.5. The fourth-order valence-electron chi connectivity index (χ4n) is 0.979. The maximum absolute atomic E-state index is 11.0. The van der Waals surface area contributed by atoms with Crippen molar-refractivity contribution in [3.8, 4) is 0 Å². The zero-order valence-corrected chi connectivity index (χ0v) is 10.1. The minimum atomic E-state index is -1.08. The quantitative estimate of drug-likeness (QED) is 0.811. The average Bonchev–Trinajstić information content (AvgIpc) is 2.27. The molecule has 0 spiro atoms.